The van der Waals surface area contributed by atoms with Crippen molar-refractivity contribution < 1.29 is 27.8 Å². The van der Waals surface area contributed by atoms with Crippen molar-refractivity contribution >= 4 is 26.9 Å². The summed E-state index contributed by atoms with van der Waals surface area (Å²) in [6, 6.07) is 20.5. The summed E-state index contributed by atoms with van der Waals surface area (Å²) in [5.41, 5.74) is 1.04. The van der Waals surface area contributed by atoms with Gasteiger partial charge in [-0.1, -0.05) is 30.3 Å². The Balaban J connectivity index is 1.85. The number of carbonyl (C=O) groups is 1. The highest BCUT2D eigenvalue weighted by Crippen LogP contribution is 2.34. The summed E-state index contributed by atoms with van der Waals surface area (Å²) in [4.78, 5) is 11.1. The first-order chi connectivity index (χ1) is 15.9. The molecule has 8 heteroatoms. The molecule has 4 aromatic rings. The molecule has 1 N–H and O–H groups in total. The van der Waals surface area contributed by atoms with Crippen molar-refractivity contribution in [3.8, 4) is 17.2 Å². The Labute approximate surface area is 191 Å². The Morgan fingerprint density at radius 1 is 0.970 bits per heavy atom. The number of carboxylic acids is 1. The van der Waals surface area contributed by atoms with Crippen LogP contribution in [0.5, 0.6) is 17.2 Å². The molecule has 0 spiro atoms. The van der Waals surface area contributed by atoms with E-state index in [1.54, 1.807) is 60.7 Å². The van der Waals surface area contributed by atoms with Crippen molar-refractivity contribution in [2.45, 2.75) is 24.7 Å². The van der Waals surface area contributed by atoms with Crippen molar-refractivity contribution in [3.05, 3.63) is 84.6 Å². The van der Waals surface area contributed by atoms with Crippen LogP contribution in [0.3, 0.4) is 0 Å². The van der Waals surface area contributed by atoms with Gasteiger partial charge in [-0.3, -0.25) is 4.79 Å². The molecule has 0 atom stereocenters. The predicted octanol–water partition coefficient (Wildman–Crippen LogP) is 5.09. The minimum Gasteiger partial charge on any atom is -0.494 e. The van der Waals surface area contributed by atoms with Gasteiger partial charge in [0.1, 0.15) is 22.1 Å². The maximum absolute atomic E-state index is 13.8. The third kappa shape index (κ3) is 4.70. The Morgan fingerprint density at radius 2 is 1.70 bits per heavy atom. The topological polar surface area (TPSA) is 94.8 Å². The molecule has 0 radical (unpaired) electrons. The Kier molecular flexibility index (Phi) is 6.37. The van der Waals surface area contributed by atoms with Crippen molar-refractivity contribution in [1.29, 1.82) is 0 Å². The second-order valence-corrected chi connectivity index (χ2v) is 9.11. The summed E-state index contributed by atoms with van der Waals surface area (Å²) in [6.07, 6.45) is 1.57. The molecule has 0 saturated heterocycles. The molecule has 1 heterocycles. The second kappa shape index (κ2) is 9.38. The van der Waals surface area contributed by atoms with Gasteiger partial charge >= 0.3 is 5.97 Å². The van der Waals surface area contributed by atoms with Crippen LogP contribution in [-0.4, -0.2) is 30.1 Å². The molecule has 1 aromatic heterocycles. The molecule has 0 amide bonds. The standard InChI is InChI=1S/C25H23NO6S/c1-2-31-20-13-14-21-18(12-15-25(27)28)17-26(22(21)16-20)33(29,30)24-11-7-6-10-23(24)32-19-8-4-3-5-9-19/h3-11,13-14,16-17H,2,12,15H2,1H3,(H,27,28). The maximum Gasteiger partial charge on any atom is 0.303 e. The van der Waals surface area contributed by atoms with Crippen molar-refractivity contribution in [1.82, 2.24) is 3.97 Å². The number of para-hydroxylation sites is 2. The zero-order chi connectivity index (χ0) is 23.4. The summed E-state index contributed by atoms with van der Waals surface area (Å²) < 4.78 is 40.2. The molecule has 0 unspecified atom stereocenters. The lowest BCUT2D eigenvalue weighted by Crippen LogP contribution is -2.13. The van der Waals surface area contributed by atoms with E-state index in [9.17, 15) is 13.2 Å². The fraction of sp³-hybridized carbons (Fsp3) is 0.160. The van der Waals surface area contributed by atoms with Crippen LogP contribution in [0.15, 0.2) is 83.9 Å². The van der Waals surface area contributed by atoms with E-state index >= 15 is 0 Å². The summed E-state index contributed by atoms with van der Waals surface area (Å²) in [5, 5.41) is 9.78. The normalized spacial score (nSPS) is 11.4. The number of benzene rings is 3. The number of rotatable bonds is 9. The SMILES string of the molecule is CCOc1ccc2c(CCC(=O)O)cn(S(=O)(=O)c3ccccc3Oc3ccccc3)c2c1. The maximum atomic E-state index is 13.8. The van der Waals surface area contributed by atoms with Gasteiger partial charge in [0.05, 0.1) is 12.1 Å². The van der Waals surface area contributed by atoms with Crippen molar-refractivity contribution in [3.63, 3.8) is 0 Å². The minimum atomic E-state index is -4.08. The van der Waals surface area contributed by atoms with Crippen LogP contribution in [0.4, 0.5) is 0 Å². The number of nitrogens with zero attached hydrogens (tertiary/aromatic N) is 1. The summed E-state index contributed by atoms with van der Waals surface area (Å²) in [7, 11) is -4.08. The van der Waals surface area contributed by atoms with Gasteiger partial charge in [0.25, 0.3) is 10.0 Å². The fourth-order valence-electron chi connectivity index (χ4n) is 3.61. The van der Waals surface area contributed by atoms with Crippen LogP contribution in [0.1, 0.15) is 18.9 Å². The van der Waals surface area contributed by atoms with Crippen molar-refractivity contribution in [2.24, 2.45) is 0 Å². The number of aromatic nitrogens is 1. The molecule has 0 aliphatic carbocycles. The lowest BCUT2D eigenvalue weighted by atomic mass is 10.1. The van der Waals surface area contributed by atoms with Crippen LogP contribution in [-0.2, 0) is 21.2 Å². The van der Waals surface area contributed by atoms with Crippen LogP contribution in [0, 0.1) is 0 Å². The molecule has 0 aliphatic heterocycles. The summed E-state index contributed by atoms with van der Waals surface area (Å²) in [6.45, 7) is 2.27. The predicted molar refractivity (Wildman–Crippen MR) is 125 cm³/mol. The van der Waals surface area contributed by atoms with E-state index in [0.29, 0.717) is 34.6 Å². The molecule has 7 nitrogen and oxygen atoms in total. The first kappa shape index (κ1) is 22.4. The monoisotopic (exact) mass is 465 g/mol. The number of hydrogen-bond acceptors (Lipinski definition) is 5. The Morgan fingerprint density at radius 3 is 2.42 bits per heavy atom. The molecule has 0 saturated carbocycles. The van der Waals surface area contributed by atoms with E-state index in [4.69, 9.17) is 14.6 Å². The minimum absolute atomic E-state index is 0.00245. The lowest BCUT2D eigenvalue weighted by molar-refractivity contribution is -0.136. The molecule has 4 rings (SSSR count). The number of ether oxygens (including phenoxy) is 2. The highest BCUT2D eigenvalue weighted by Gasteiger charge is 2.25. The van der Waals surface area contributed by atoms with E-state index in [2.05, 4.69) is 0 Å². The molecule has 33 heavy (non-hydrogen) atoms. The van der Waals surface area contributed by atoms with E-state index in [0.717, 1.165) is 0 Å². The van der Waals surface area contributed by atoms with Gasteiger partial charge < -0.3 is 14.6 Å². The van der Waals surface area contributed by atoms with Gasteiger partial charge in [-0.05, 0) is 55.3 Å². The molecule has 3 aromatic carbocycles. The Hall–Kier alpha value is -3.78. The third-order valence-electron chi connectivity index (χ3n) is 5.10. The van der Waals surface area contributed by atoms with Gasteiger partial charge in [-0.25, -0.2) is 12.4 Å². The smallest absolute Gasteiger partial charge is 0.303 e. The average molecular weight is 466 g/mol. The highest BCUT2D eigenvalue weighted by atomic mass is 32.2. The summed E-state index contributed by atoms with van der Waals surface area (Å²) in [5.74, 6) is 0.279. The van der Waals surface area contributed by atoms with Crippen molar-refractivity contribution in [2.75, 3.05) is 6.61 Å². The lowest BCUT2D eigenvalue weighted by Gasteiger charge is -2.13. The van der Waals surface area contributed by atoms with E-state index < -0.39 is 16.0 Å². The van der Waals surface area contributed by atoms with Gasteiger partial charge in [0.2, 0.25) is 0 Å². The first-order valence-electron chi connectivity index (χ1n) is 10.5. The van der Waals surface area contributed by atoms with Crippen LogP contribution >= 0.6 is 0 Å². The van der Waals surface area contributed by atoms with E-state index in [1.165, 1.54) is 16.2 Å². The van der Waals surface area contributed by atoms with Gasteiger partial charge in [-0.2, -0.15) is 0 Å². The second-order valence-electron chi connectivity index (χ2n) is 7.32. The van der Waals surface area contributed by atoms with Gasteiger partial charge in [0, 0.05) is 24.1 Å². The average Bonchev–Trinajstić information content (AvgIpc) is 3.18. The van der Waals surface area contributed by atoms with E-state index in [-0.39, 0.29) is 23.5 Å². The summed E-state index contributed by atoms with van der Waals surface area (Å²) >= 11 is 0. The van der Waals surface area contributed by atoms with Crippen LogP contribution in [0.25, 0.3) is 10.9 Å². The fourth-order valence-corrected chi connectivity index (χ4v) is 5.11. The van der Waals surface area contributed by atoms with Crippen LogP contribution in [0.2, 0.25) is 0 Å². The molecule has 0 fully saturated rings. The third-order valence-corrected chi connectivity index (χ3v) is 6.81. The quantitative estimate of drug-likeness (QED) is 0.370. The zero-order valence-electron chi connectivity index (χ0n) is 18.0. The largest absolute Gasteiger partial charge is 0.494 e. The molecular formula is C25H23NO6S. The Bertz CT molecular complexity index is 1390. The number of aryl methyl sites for hydroxylation is 1. The molecule has 170 valence electrons. The molecular weight excluding hydrogens is 442 g/mol. The number of aliphatic carboxylic acids is 1. The molecule has 0 bridgehead atoms. The number of hydrogen-bond donors (Lipinski definition) is 1. The van der Waals surface area contributed by atoms with Crippen LogP contribution < -0.4 is 9.47 Å². The first-order valence-corrected chi connectivity index (χ1v) is 11.9. The van der Waals surface area contributed by atoms with E-state index in [1.807, 2.05) is 13.0 Å². The zero-order valence-corrected chi connectivity index (χ0v) is 18.8. The van der Waals surface area contributed by atoms with Gasteiger partial charge in [0.15, 0.2) is 0 Å². The number of fused-ring (bicyclic) bond motifs is 1. The molecule has 0 aliphatic rings. The van der Waals surface area contributed by atoms with Gasteiger partial charge in [-0.15, -0.1) is 0 Å². The highest BCUT2D eigenvalue weighted by molar-refractivity contribution is 7.90. The number of carboxylic acid groups (broad SMARTS) is 1.